The lowest BCUT2D eigenvalue weighted by atomic mass is 9.88. The normalized spacial score (nSPS) is 21.5. The maximum Gasteiger partial charge on any atom is 0.177 e. The fraction of sp³-hybridized carbons (Fsp3) is 0.519. The minimum Gasteiger partial charge on any atom is -0.361 e. The molecule has 4 rings (SSSR count). The summed E-state index contributed by atoms with van der Waals surface area (Å²) >= 11 is 0. The zero-order valence-electron chi connectivity index (χ0n) is 19.1. The van der Waals surface area contributed by atoms with Gasteiger partial charge in [0, 0.05) is 24.5 Å². The summed E-state index contributed by atoms with van der Waals surface area (Å²) in [5.41, 5.74) is 5.26. The molecule has 0 amide bonds. The lowest BCUT2D eigenvalue weighted by Crippen LogP contribution is -2.55. The number of aryl methyl sites for hydroxylation is 2. The number of nitrogens with zero attached hydrogens (tertiary/aromatic N) is 2. The molecule has 168 valence electrons. The molecule has 2 saturated heterocycles. The quantitative estimate of drug-likeness (QED) is 0.532. The minimum absolute atomic E-state index is 0. The molecular weight excluding hydrogens is 404 g/mol. The Kier molecular flexibility index (Phi) is 8.43. The van der Waals surface area contributed by atoms with E-state index in [-0.39, 0.29) is 24.5 Å². The van der Waals surface area contributed by atoms with E-state index in [1.807, 2.05) is 0 Å². The number of para-hydroxylation sites is 2. The molecule has 3 nitrogen and oxygen atoms in total. The maximum atomic E-state index is 14.0. The van der Waals surface area contributed by atoms with Crippen LogP contribution in [0, 0.1) is 0 Å². The second kappa shape index (κ2) is 11.0. The van der Waals surface area contributed by atoms with E-state index in [4.69, 9.17) is 0 Å². The molecule has 2 heterocycles. The first-order valence-electron chi connectivity index (χ1n) is 12.0. The van der Waals surface area contributed by atoms with Gasteiger partial charge in [0.05, 0.1) is 12.1 Å². The lowest BCUT2D eigenvalue weighted by Gasteiger charge is -2.43. The highest BCUT2D eigenvalue weighted by Crippen LogP contribution is 2.34. The molecule has 0 aromatic heterocycles. The van der Waals surface area contributed by atoms with Gasteiger partial charge < -0.3 is 9.80 Å². The van der Waals surface area contributed by atoms with Gasteiger partial charge in [-0.3, -0.25) is 4.79 Å². The van der Waals surface area contributed by atoms with Crippen LogP contribution < -0.4 is 9.80 Å². The number of anilines is 2. The summed E-state index contributed by atoms with van der Waals surface area (Å²) in [4.78, 5) is 18.9. The van der Waals surface area contributed by atoms with Gasteiger partial charge in [-0.2, -0.15) is 0 Å². The van der Waals surface area contributed by atoms with Crippen molar-refractivity contribution < 1.29 is 4.79 Å². The number of hydrogen-bond acceptors (Lipinski definition) is 3. The van der Waals surface area contributed by atoms with Gasteiger partial charge in [0.1, 0.15) is 0 Å². The van der Waals surface area contributed by atoms with Crippen molar-refractivity contribution in [1.29, 1.82) is 0 Å². The number of carbonyl (C=O) groups excluding carboxylic acids is 1. The number of rotatable bonds is 6. The van der Waals surface area contributed by atoms with E-state index in [0.29, 0.717) is 5.78 Å². The Hall–Kier alpha value is -2.00. The van der Waals surface area contributed by atoms with Gasteiger partial charge >= 0.3 is 0 Å². The molecule has 2 aliphatic rings. The van der Waals surface area contributed by atoms with E-state index in [9.17, 15) is 4.79 Å². The summed E-state index contributed by atoms with van der Waals surface area (Å²) in [5.74, 6) is 0.436. The van der Waals surface area contributed by atoms with E-state index in [2.05, 4.69) is 72.2 Å². The summed E-state index contributed by atoms with van der Waals surface area (Å²) in [6.45, 7) is 6.41. The van der Waals surface area contributed by atoms with E-state index in [1.165, 1.54) is 35.3 Å². The monoisotopic (exact) mass is 440 g/mol. The molecule has 2 aromatic rings. The average molecular weight is 441 g/mol. The topological polar surface area (TPSA) is 23.6 Å². The third-order valence-electron chi connectivity index (χ3n) is 7.03. The van der Waals surface area contributed by atoms with Crippen molar-refractivity contribution in [3.8, 4) is 0 Å². The SMILES string of the molecule is CCc1ccccc1N1CCCCC1C(=O)C1CCCCN1c1ccccc1CC.Cl. The Bertz CT molecular complexity index is 798. The van der Waals surface area contributed by atoms with Crippen LogP contribution in [0.3, 0.4) is 0 Å². The van der Waals surface area contributed by atoms with Crippen LogP contribution in [0.25, 0.3) is 0 Å². The molecule has 0 bridgehead atoms. The third kappa shape index (κ3) is 4.92. The van der Waals surface area contributed by atoms with Crippen LogP contribution in [0.1, 0.15) is 63.5 Å². The van der Waals surface area contributed by atoms with E-state index in [1.54, 1.807) is 0 Å². The molecule has 0 saturated carbocycles. The number of carbonyl (C=O) groups is 1. The first-order chi connectivity index (χ1) is 14.7. The van der Waals surface area contributed by atoms with E-state index < -0.39 is 0 Å². The smallest absolute Gasteiger partial charge is 0.177 e. The van der Waals surface area contributed by atoms with Crippen LogP contribution in [0.2, 0.25) is 0 Å². The number of Topliss-reactive ketones (excluding diaryl/α,β-unsaturated/α-hetero) is 1. The summed E-state index contributed by atoms with van der Waals surface area (Å²) in [7, 11) is 0. The zero-order chi connectivity index (χ0) is 20.9. The highest BCUT2D eigenvalue weighted by Gasteiger charge is 2.38. The van der Waals surface area contributed by atoms with Gasteiger partial charge in [-0.25, -0.2) is 0 Å². The predicted octanol–water partition coefficient (Wildman–Crippen LogP) is 6.22. The number of benzene rings is 2. The fourth-order valence-corrected chi connectivity index (χ4v) is 5.43. The van der Waals surface area contributed by atoms with E-state index >= 15 is 0 Å². The first-order valence-corrected chi connectivity index (χ1v) is 12.0. The highest BCUT2D eigenvalue weighted by molar-refractivity contribution is 5.95. The van der Waals surface area contributed by atoms with Gasteiger partial charge in [0.15, 0.2) is 5.78 Å². The average Bonchev–Trinajstić information content (AvgIpc) is 2.83. The Labute approximate surface area is 194 Å². The van der Waals surface area contributed by atoms with Gasteiger partial charge in [-0.05, 0) is 74.6 Å². The number of halogens is 1. The Morgan fingerprint density at radius 1 is 0.742 bits per heavy atom. The van der Waals surface area contributed by atoms with Crippen molar-refractivity contribution in [2.45, 2.75) is 77.3 Å². The van der Waals surface area contributed by atoms with Crippen molar-refractivity contribution in [1.82, 2.24) is 0 Å². The van der Waals surface area contributed by atoms with Crippen molar-refractivity contribution in [3.63, 3.8) is 0 Å². The second-order valence-corrected chi connectivity index (χ2v) is 8.78. The summed E-state index contributed by atoms with van der Waals surface area (Å²) in [5, 5.41) is 0. The van der Waals surface area contributed by atoms with Crippen molar-refractivity contribution in [2.75, 3.05) is 22.9 Å². The predicted molar refractivity (Wildman–Crippen MR) is 134 cm³/mol. The highest BCUT2D eigenvalue weighted by atomic mass is 35.5. The molecule has 2 unspecified atom stereocenters. The molecule has 0 spiro atoms. The Morgan fingerprint density at radius 2 is 1.16 bits per heavy atom. The molecule has 2 aliphatic heterocycles. The third-order valence-corrected chi connectivity index (χ3v) is 7.03. The van der Waals surface area contributed by atoms with Crippen LogP contribution in [-0.4, -0.2) is 31.0 Å². The molecule has 0 N–H and O–H groups in total. The van der Waals surface area contributed by atoms with Crippen molar-refractivity contribution >= 4 is 29.6 Å². The summed E-state index contributed by atoms with van der Waals surface area (Å²) < 4.78 is 0. The number of piperidine rings is 2. The lowest BCUT2D eigenvalue weighted by molar-refractivity contribution is -0.122. The van der Waals surface area contributed by atoms with Crippen LogP contribution in [0.4, 0.5) is 11.4 Å². The molecule has 0 aliphatic carbocycles. The van der Waals surface area contributed by atoms with Gasteiger partial charge in [0.25, 0.3) is 0 Å². The van der Waals surface area contributed by atoms with Crippen molar-refractivity contribution in [2.24, 2.45) is 0 Å². The molecule has 2 fully saturated rings. The van der Waals surface area contributed by atoms with Gasteiger partial charge in [-0.1, -0.05) is 50.2 Å². The van der Waals surface area contributed by atoms with Crippen LogP contribution in [-0.2, 0) is 17.6 Å². The first kappa shape index (κ1) is 23.7. The number of ketones is 1. The Morgan fingerprint density at radius 3 is 1.58 bits per heavy atom. The maximum absolute atomic E-state index is 14.0. The second-order valence-electron chi connectivity index (χ2n) is 8.78. The molecule has 2 atom stereocenters. The fourth-order valence-electron chi connectivity index (χ4n) is 5.43. The standard InChI is InChI=1S/C27H36N2O.ClH/c1-3-21-13-5-7-15-23(21)28-19-11-9-17-25(28)27(30)26-18-10-12-20-29(26)24-16-8-6-14-22(24)4-2;/h5-8,13-16,25-26H,3-4,9-12,17-20H2,1-2H3;1H. The van der Waals surface area contributed by atoms with Crippen LogP contribution in [0.15, 0.2) is 48.5 Å². The van der Waals surface area contributed by atoms with Crippen LogP contribution in [0.5, 0.6) is 0 Å². The van der Waals surface area contributed by atoms with E-state index in [0.717, 1.165) is 51.6 Å². The van der Waals surface area contributed by atoms with Gasteiger partial charge in [0.2, 0.25) is 0 Å². The molecule has 0 radical (unpaired) electrons. The zero-order valence-corrected chi connectivity index (χ0v) is 19.9. The largest absolute Gasteiger partial charge is 0.361 e. The summed E-state index contributed by atoms with van der Waals surface area (Å²) in [6.07, 6.45) is 8.63. The number of hydrogen-bond donors (Lipinski definition) is 0. The summed E-state index contributed by atoms with van der Waals surface area (Å²) in [6, 6.07) is 17.4. The van der Waals surface area contributed by atoms with Gasteiger partial charge in [-0.15, -0.1) is 12.4 Å². The molecule has 31 heavy (non-hydrogen) atoms. The molecular formula is C27H37ClN2O. The van der Waals surface area contributed by atoms with Crippen molar-refractivity contribution in [3.05, 3.63) is 59.7 Å². The minimum atomic E-state index is 0. The van der Waals surface area contributed by atoms with Crippen LogP contribution >= 0.6 is 12.4 Å². The molecule has 4 heteroatoms. The molecule has 2 aromatic carbocycles. The Balaban J connectivity index is 0.00000272.